The van der Waals surface area contributed by atoms with Crippen molar-refractivity contribution in [2.45, 2.75) is 49.1 Å². The van der Waals surface area contributed by atoms with Crippen molar-refractivity contribution in [3.05, 3.63) is 0 Å². The molecule has 2 saturated heterocycles. The molecule has 4 bridgehead atoms. The Labute approximate surface area is 71.2 Å². The number of hydrogen-bond donors (Lipinski definition) is 0. The largest absolute Gasteiger partial charge is 0.366 e. The fraction of sp³-hybridized carbons (Fsp3) is 1.00. The van der Waals surface area contributed by atoms with Gasteiger partial charge in [0.1, 0.15) is 0 Å². The van der Waals surface area contributed by atoms with Crippen LogP contribution in [0.15, 0.2) is 0 Å². The second-order valence-electron chi connectivity index (χ2n) is 5.55. The maximum Gasteiger partial charge on any atom is 0.0983 e. The van der Waals surface area contributed by atoms with Gasteiger partial charge in [0.05, 0.1) is 23.4 Å². The number of hydrogen-bond acceptors (Lipinski definition) is 2. The summed E-state index contributed by atoms with van der Waals surface area (Å²) in [4.78, 5) is 0. The monoisotopic (exact) mass is 164 g/mol. The molecule has 6 atom stereocenters. The molecule has 6 aliphatic rings. The Morgan fingerprint density at radius 3 is 2.00 bits per heavy atom. The van der Waals surface area contributed by atoms with Gasteiger partial charge in [-0.2, -0.15) is 0 Å². The number of rotatable bonds is 0. The molecule has 2 heterocycles. The average molecular weight is 164 g/mol. The molecule has 4 saturated carbocycles. The van der Waals surface area contributed by atoms with E-state index in [0.717, 1.165) is 11.8 Å². The molecule has 0 aromatic heterocycles. The van der Waals surface area contributed by atoms with E-state index in [1.807, 2.05) is 0 Å². The quantitative estimate of drug-likeness (QED) is 0.501. The third-order valence-electron chi connectivity index (χ3n) is 4.92. The highest BCUT2D eigenvalue weighted by molar-refractivity contribution is 5.30. The summed E-state index contributed by atoms with van der Waals surface area (Å²) in [6.45, 7) is 0. The van der Waals surface area contributed by atoms with Gasteiger partial charge in [-0.15, -0.1) is 0 Å². The summed E-state index contributed by atoms with van der Waals surface area (Å²) in [6, 6.07) is 0. The van der Waals surface area contributed by atoms with E-state index in [-0.39, 0.29) is 0 Å². The second-order valence-corrected chi connectivity index (χ2v) is 5.55. The SMILES string of the molecule is C1C2CC34CC5(CC1C3O4)OC25. The molecular weight excluding hydrogens is 152 g/mol. The summed E-state index contributed by atoms with van der Waals surface area (Å²) in [7, 11) is 0. The molecule has 6 rings (SSSR count). The Balaban J connectivity index is 1.77. The minimum atomic E-state index is 0.346. The van der Waals surface area contributed by atoms with E-state index in [9.17, 15) is 0 Å². The van der Waals surface area contributed by atoms with Crippen LogP contribution in [0.25, 0.3) is 0 Å². The van der Waals surface area contributed by atoms with E-state index in [0.29, 0.717) is 23.4 Å². The van der Waals surface area contributed by atoms with Gasteiger partial charge < -0.3 is 9.47 Å². The van der Waals surface area contributed by atoms with Crippen molar-refractivity contribution in [1.82, 2.24) is 0 Å². The lowest BCUT2D eigenvalue weighted by atomic mass is 9.56. The Kier molecular flexibility index (Phi) is 0.561. The summed E-state index contributed by atoms with van der Waals surface area (Å²) < 4.78 is 11.8. The minimum Gasteiger partial charge on any atom is -0.366 e. The molecule has 6 unspecified atom stereocenters. The Morgan fingerprint density at radius 1 is 0.917 bits per heavy atom. The van der Waals surface area contributed by atoms with Crippen molar-refractivity contribution in [3.63, 3.8) is 0 Å². The van der Waals surface area contributed by atoms with Crippen LogP contribution < -0.4 is 0 Å². The molecule has 2 spiro atoms. The first-order valence-corrected chi connectivity index (χ1v) is 5.17. The molecule has 2 nitrogen and oxygen atoms in total. The maximum absolute atomic E-state index is 5.90. The van der Waals surface area contributed by atoms with Crippen molar-refractivity contribution in [2.75, 3.05) is 0 Å². The minimum absolute atomic E-state index is 0.346. The number of epoxide rings is 2. The number of ether oxygens (including phenoxy) is 2. The van der Waals surface area contributed by atoms with Crippen molar-refractivity contribution in [1.29, 1.82) is 0 Å². The Bertz CT molecular complexity index is 274. The van der Waals surface area contributed by atoms with Crippen LogP contribution in [0.4, 0.5) is 0 Å². The van der Waals surface area contributed by atoms with Crippen molar-refractivity contribution < 1.29 is 9.47 Å². The third-order valence-corrected chi connectivity index (χ3v) is 4.92. The van der Waals surface area contributed by atoms with Gasteiger partial charge >= 0.3 is 0 Å². The normalized spacial score (nSPS) is 80.0. The molecule has 0 radical (unpaired) electrons. The van der Waals surface area contributed by atoms with Crippen LogP contribution in [0.5, 0.6) is 0 Å². The molecule has 64 valence electrons. The van der Waals surface area contributed by atoms with Gasteiger partial charge in [0.15, 0.2) is 0 Å². The molecule has 2 heteroatoms. The lowest BCUT2D eigenvalue weighted by molar-refractivity contribution is 0.105. The standard InChI is InChI=1S/C10H12O2/c1-5-2-9-4-10(7(5)12-10)3-6(1)8(9)11-9/h5-8H,1-4H2. The molecule has 4 aliphatic carbocycles. The van der Waals surface area contributed by atoms with Gasteiger partial charge in [0.25, 0.3) is 0 Å². The van der Waals surface area contributed by atoms with Gasteiger partial charge in [0, 0.05) is 6.42 Å². The van der Waals surface area contributed by atoms with E-state index < -0.39 is 0 Å². The summed E-state index contributed by atoms with van der Waals surface area (Å²) in [6.07, 6.45) is 6.59. The topological polar surface area (TPSA) is 25.1 Å². The predicted octanol–water partition coefficient (Wildman–Crippen LogP) is 1.10. The van der Waals surface area contributed by atoms with Crippen molar-refractivity contribution >= 4 is 0 Å². The second kappa shape index (κ2) is 1.20. The first-order valence-electron chi connectivity index (χ1n) is 5.17. The van der Waals surface area contributed by atoms with Crippen LogP contribution in [-0.2, 0) is 9.47 Å². The van der Waals surface area contributed by atoms with Gasteiger partial charge in [-0.05, 0) is 31.1 Å². The molecule has 0 amide bonds. The zero-order chi connectivity index (χ0) is 7.55. The first-order chi connectivity index (χ1) is 5.81. The first kappa shape index (κ1) is 5.61. The molecular formula is C10H12O2. The summed E-state index contributed by atoms with van der Waals surface area (Å²) in [5.74, 6) is 1.74. The van der Waals surface area contributed by atoms with E-state index >= 15 is 0 Å². The molecule has 0 aromatic carbocycles. The van der Waals surface area contributed by atoms with Crippen molar-refractivity contribution in [2.24, 2.45) is 11.8 Å². The fourth-order valence-electron chi connectivity index (χ4n) is 4.66. The Hall–Kier alpha value is -0.0800. The predicted molar refractivity (Wildman–Crippen MR) is 40.7 cm³/mol. The highest BCUT2D eigenvalue weighted by atomic mass is 16.6. The third kappa shape index (κ3) is 0.374. The van der Waals surface area contributed by atoms with Crippen LogP contribution >= 0.6 is 0 Å². The summed E-state index contributed by atoms with van der Waals surface area (Å²) in [5.41, 5.74) is 0.692. The smallest absolute Gasteiger partial charge is 0.0983 e. The van der Waals surface area contributed by atoms with Gasteiger partial charge in [-0.25, -0.2) is 0 Å². The van der Waals surface area contributed by atoms with E-state index in [1.54, 1.807) is 0 Å². The van der Waals surface area contributed by atoms with Gasteiger partial charge in [0.2, 0.25) is 0 Å². The molecule has 0 aromatic rings. The van der Waals surface area contributed by atoms with Crippen LogP contribution in [0.1, 0.15) is 25.7 Å². The maximum atomic E-state index is 5.90. The van der Waals surface area contributed by atoms with E-state index in [4.69, 9.17) is 9.47 Å². The Morgan fingerprint density at radius 2 is 1.50 bits per heavy atom. The molecule has 6 fully saturated rings. The van der Waals surface area contributed by atoms with E-state index in [2.05, 4.69) is 0 Å². The van der Waals surface area contributed by atoms with E-state index in [1.165, 1.54) is 25.7 Å². The lowest BCUT2D eigenvalue weighted by Gasteiger charge is -2.42. The van der Waals surface area contributed by atoms with Crippen molar-refractivity contribution in [3.8, 4) is 0 Å². The molecule has 12 heavy (non-hydrogen) atoms. The lowest BCUT2D eigenvalue weighted by Crippen LogP contribution is -2.50. The molecule has 0 N–H and O–H groups in total. The zero-order valence-electron chi connectivity index (χ0n) is 6.95. The van der Waals surface area contributed by atoms with Crippen LogP contribution in [0.3, 0.4) is 0 Å². The van der Waals surface area contributed by atoms with Gasteiger partial charge in [-0.3, -0.25) is 0 Å². The highest BCUT2D eigenvalue weighted by Gasteiger charge is 2.82. The summed E-state index contributed by atoms with van der Waals surface area (Å²) in [5, 5.41) is 0. The van der Waals surface area contributed by atoms with Gasteiger partial charge in [-0.1, -0.05) is 0 Å². The highest BCUT2D eigenvalue weighted by Crippen LogP contribution is 2.74. The zero-order valence-corrected chi connectivity index (χ0v) is 6.95. The average Bonchev–Trinajstić information content (AvgIpc) is 2.84. The van der Waals surface area contributed by atoms with Crippen LogP contribution in [0.2, 0.25) is 0 Å². The molecule has 2 aliphatic heterocycles. The summed E-state index contributed by atoms with van der Waals surface area (Å²) >= 11 is 0. The van der Waals surface area contributed by atoms with Crippen LogP contribution in [-0.4, -0.2) is 23.4 Å². The fourth-order valence-corrected chi connectivity index (χ4v) is 4.66. The van der Waals surface area contributed by atoms with Crippen LogP contribution in [0, 0.1) is 11.8 Å².